The van der Waals surface area contributed by atoms with E-state index in [0.717, 1.165) is 17.8 Å². The number of ether oxygens (including phenoxy) is 1. The van der Waals surface area contributed by atoms with E-state index in [2.05, 4.69) is 29.2 Å². The van der Waals surface area contributed by atoms with E-state index >= 15 is 0 Å². The third-order valence-electron chi connectivity index (χ3n) is 4.11. The molecule has 1 aromatic carbocycles. The van der Waals surface area contributed by atoms with Gasteiger partial charge in [-0.05, 0) is 37.4 Å². The van der Waals surface area contributed by atoms with E-state index < -0.39 is 17.8 Å². The van der Waals surface area contributed by atoms with Crippen LogP contribution in [-0.2, 0) is 16.1 Å². The zero-order valence-corrected chi connectivity index (χ0v) is 15.9. The molecule has 0 aliphatic carbocycles. The first-order chi connectivity index (χ1) is 13.4. The normalized spacial score (nSPS) is 10.7. The number of hydrogen-bond donors (Lipinski definition) is 2. The van der Waals surface area contributed by atoms with Crippen molar-refractivity contribution in [2.75, 3.05) is 31.6 Å². The van der Waals surface area contributed by atoms with Crippen molar-refractivity contribution >= 4 is 23.5 Å². The van der Waals surface area contributed by atoms with Crippen molar-refractivity contribution in [3.8, 4) is 0 Å². The maximum absolute atomic E-state index is 12.2. The molecule has 0 saturated heterocycles. The Morgan fingerprint density at radius 3 is 2.43 bits per heavy atom. The van der Waals surface area contributed by atoms with E-state index in [0.29, 0.717) is 24.4 Å². The first-order valence-electron chi connectivity index (χ1n) is 8.98. The van der Waals surface area contributed by atoms with Crippen LogP contribution in [0.15, 0.2) is 36.7 Å². The number of carboxylic acid groups (broad SMARTS) is 1. The quantitative estimate of drug-likeness (QED) is 0.596. The van der Waals surface area contributed by atoms with Crippen LogP contribution in [0.4, 0.5) is 5.69 Å². The molecule has 9 heteroatoms. The van der Waals surface area contributed by atoms with Gasteiger partial charge in [-0.25, -0.2) is 4.79 Å². The summed E-state index contributed by atoms with van der Waals surface area (Å²) >= 11 is 0. The van der Waals surface area contributed by atoms with Gasteiger partial charge in [0.2, 0.25) is 0 Å². The Kier molecular flexibility index (Phi) is 7.70. The molecule has 1 aromatic heterocycles. The maximum atomic E-state index is 12.2. The zero-order valence-electron chi connectivity index (χ0n) is 15.9. The molecule has 28 heavy (non-hydrogen) atoms. The van der Waals surface area contributed by atoms with Crippen molar-refractivity contribution in [3.63, 3.8) is 0 Å². The van der Waals surface area contributed by atoms with E-state index in [1.54, 1.807) is 24.3 Å². The number of amides is 1. The lowest BCUT2D eigenvalue weighted by molar-refractivity contribution is -0.137. The number of rotatable bonds is 10. The molecule has 0 spiro atoms. The summed E-state index contributed by atoms with van der Waals surface area (Å²) in [7, 11) is 0. The van der Waals surface area contributed by atoms with E-state index in [1.165, 1.54) is 12.4 Å². The monoisotopic (exact) mass is 388 g/mol. The molecule has 0 atom stereocenters. The first kappa shape index (κ1) is 21.1. The van der Waals surface area contributed by atoms with E-state index in [-0.39, 0.29) is 12.1 Å². The highest BCUT2D eigenvalue weighted by atomic mass is 16.5. The number of hydrogen-bond acceptors (Lipinski definition) is 6. The molecule has 1 heterocycles. The number of carbonyl (C=O) groups excluding carboxylic acids is 2. The second kappa shape index (κ2) is 10.2. The summed E-state index contributed by atoms with van der Waals surface area (Å²) in [6.45, 7) is 6.58. The molecule has 9 nitrogen and oxygen atoms in total. The molecule has 0 aliphatic rings. The lowest BCUT2D eigenvalue weighted by Gasteiger charge is -2.17. The lowest BCUT2D eigenvalue weighted by atomic mass is 10.2. The molecule has 2 aromatic rings. The van der Waals surface area contributed by atoms with Gasteiger partial charge in [0.1, 0.15) is 13.2 Å². The maximum Gasteiger partial charge on any atom is 0.338 e. The van der Waals surface area contributed by atoms with Crippen molar-refractivity contribution < 1.29 is 24.2 Å². The Morgan fingerprint density at radius 2 is 1.82 bits per heavy atom. The van der Waals surface area contributed by atoms with Crippen LogP contribution in [0.2, 0.25) is 0 Å². The summed E-state index contributed by atoms with van der Waals surface area (Å²) in [6.07, 6.45) is 2.64. The van der Waals surface area contributed by atoms with Crippen molar-refractivity contribution in [2.45, 2.75) is 20.4 Å². The summed E-state index contributed by atoms with van der Waals surface area (Å²) in [6, 6.07) is 6.34. The molecule has 0 aliphatic heterocycles. The third kappa shape index (κ3) is 6.20. The summed E-state index contributed by atoms with van der Waals surface area (Å²) in [5.74, 6) is -1.89. The molecule has 150 valence electrons. The van der Waals surface area contributed by atoms with Gasteiger partial charge in [0.15, 0.2) is 0 Å². The summed E-state index contributed by atoms with van der Waals surface area (Å²) in [5.41, 5.74) is 1.13. The van der Waals surface area contributed by atoms with E-state index in [1.807, 2.05) is 0 Å². The Hall–Kier alpha value is -3.20. The molecule has 0 radical (unpaired) electrons. The molecule has 0 unspecified atom stereocenters. The molecule has 1 amide bonds. The Balaban J connectivity index is 1.87. The van der Waals surface area contributed by atoms with Gasteiger partial charge < -0.3 is 20.1 Å². The lowest BCUT2D eigenvalue weighted by Crippen LogP contribution is -2.27. The van der Waals surface area contributed by atoms with E-state index in [4.69, 9.17) is 9.84 Å². The number of esters is 1. The first-order valence-corrected chi connectivity index (χ1v) is 8.98. The fourth-order valence-electron chi connectivity index (χ4n) is 2.49. The van der Waals surface area contributed by atoms with Crippen LogP contribution in [0.25, 0.3) is 0 Å². The predicted octanol–water partition coefficient (Wildman–Crippen LogP) is 1.72. The summed E-state index contributed by atoms with van der Waals surface area (Å²) in [4.78, 5) is 37.1. The SMILES string of the molecule is CCN(CC)CCOC(=O)c1ccc(NC(=O)c2cnn(CC(=O)O)c2)cc1. The smallest absolute Gasteiger partial charge is 0.338 e. The average molecular weight is 388 g/mol. The van der Waals surface area contributed by atoms with Crippen LogP contribution >= 0.6 is 0 Å². The molecular formula is C19H24N4O5. The number of carboxylic acids is 1. The van der Waals surface area contributed by atoms with Gasteiger partial charge >= 0.3 is 11.9 Å². The molecule has 0 saturated carbocycles. The van der Waals surface area contributed by atoms with Gasteiger partial charge in [-0.1, -0.05) is 13.8 Å². The summed E-state index contributed by atoms with van der Waals surface area (Å²) < 4.78 is 6.42. The highest BCUT2D eigenvalue weighted by Crippen LogP contribution is 2.12. The minimum atomic E-state index is -1.05. The number of anilines is 1. The fourth-order valence-corrected chi connectivity index (χ4v) is 2.49. The summed E-state index contributed by atoms with van der Waals surface area (Å²) in [5, 5.41) is 15.2. The average Bonchev–Trinajstić information content (AvgIpc) is 3.13. The Labute approximate surface area is 162 Å². The molecule has 0 fully saturated rings. The minimum Gasteiger partial charge on any atom is -0.480 e. The second-order valence-electron chi connectivity index (χ2n) is 6.01. The fraction of sp³-hybridized carbons (Fsp3) is 0.368. The minimum absolute atomic E-state index is 0.237. The highest BCUT2D eigenvalue weighted by Gasteiger charge is 2.12. The van der Waals surface area contributed by atoms with E-state index in [9.17, 15) is 14.4 Å². The standard InChI is InChI=1S/C19H24N4O5/c1-3-22(4-2)9-10-28-19(27)14-5-7-16(8-6-14)21-18(26)15-11-20-23(12-15)13-17(24)25/h5-8,11-12H,3-4,9-10,13H2,1-2H3,(H,21,26)(H,24,25). The number of aromatic nitrogens is 2. The predicted molar refractivity (Wildman–Crippen MR) is 102 cm³/mol. The molecule has 0 bridgehead atoms. The number of benzene rings is 1. The Morgan fingerprint density at radius 1 is 1.14 bits per heavy atom. The molecule has 2 N–H and O–H groups in total. The van der Waals surface area contributed by atoms with Gasteiger partial charge in [-0.15, -0.1) is 0 Å². The topological polar surface area (TPSA) is 114 Å². The molecule has 2 rings (SSSR count). The van der Waals surface area contributed by atoms with Gasteiger partial charge in [-0.2, -0.15) is 5.10 Å². The van der Waals surface area contributed by atoms with Gasteiger partial charge in [-0.3, -0.25) is 14.3 Å². The molecular weight excluding hydrogens is 364 g/mol. The van der Waals surface area contributed by atoms with Crippen LogP contribution in [0.1, 0.15) is 34.6 Å². The van der Waals surface area contributed by atoms with Crippen LogP contribution in [0.3, 0.4) is 0 Å². The van der Waals surface area contributed by atoms with Crippen LogP contribution in [0.5, 0.6) is 0 Å². The number of nitrogens with one attached hydrogen (secondary N) is 1. The van der Waals surface area contributed by atoms with Gasteiger partial charge in [0.05, 0.1) is 17.3 Å². The second-order valence-corrected chi connectivity index (χ2v) is 6.01. The van der Waals surface area contributed by atoms with Crippen LogP contribution in [0, 0.1) is 0 Å². The van der Waals surface area contributed by atoms with Gasteiger partial charge in [0, 0.05) is 18.4 Å². The zero-order chi connectivity index (χ0) is 20.5. The van der Waals surface area contributed by atoms with Crippen molar-refractivity contribution in [1.82, 2.24) is 14.7 Å². The Bertz CT molecular complexity index is 812. The number of carbonyl (C=O) groups is 3. The largest absolute Gasteiger partial charge is 0.480 e. The number of nitrogens with zero attached hydrogens (tertiary/aromatic N) is 3. The number of likely N-dealkylation sites (N-methyl/N-ethyl adjacent to an activating group) is 1. The van der Waals surface area contributed by atoms with Crippen molar-refractivity contribution in [2.24, 2.45) is 0 Å². The van der Waals surface area contributed by atoms with Gasteiger partial charge in [0.25, 0.3) is 5.91 Å². The van der Waals surface area contributed by atoms with Crippen molar-refractivity contribution in [3.05, 3.63) is 47.8 Å². The number of aliphatic carboxylic acids is 1. The van der Waals surface area contributed by atoms with Crippen LogP contribution < -0.4 is 5.32 Å². The van der Waals surface area contributed by atoms with Crippen LogP contribution in [-0.4, -0.2) is 63.9 Å². The highest BCUT2D eigenvalue weighted by molar-refractivity contribution is 6.04. The third-order valence-corrected chi connectivity index (χ3v) is 4.11. The van der Waals surface area contributed by atoms with Crippen molar-refractivity contribution in [1.29, 1.82) is 0 Å².